The van der Waals surface area contributed by atoms with Gasteiger partial charge < -0.3 is 15.4 Å². The van der Waals surface area contributed by atoms with Crippen LogP contribution in [0, 0.1) is 5.92 Å². The molecule has 1 aliphatic rings. The summed E-state index contributed by atoms with van der Waals surface area (Å²) in [4.78, 5) is 12.1. The summed E-state index contributed by atoms with van der Waals surface area (Å²) in [5.74, 6) is 0.850. The molecule has 2 rings (SSSR count). The Hall–Kier alpha value is -1.07. The normalized spacial score (nSPS) is 19.3. The first-order valence-corrected chi connectivity index (χ1v) is 6.85. The van der Waals surface area contributed by atoms with Crippen LogP contribution in [0.5, 0.6) is 5.75 Å². The number of benzene rings is 1. The summed E-state index contributed by atoms with van der Waals surface area (Å²) < 4.78 is 6.01. The van der Waals surface area contributed by atoms with Gasteiger partial charge >= 0.3 is 0 Å². The van der Waals surface area contributed by atoms with Gasteiger partial charge in [0.15, 0.2) is 0 Å². The molecule has 1 amide bonds. The van der Waals surface area contributed by atoms with Gasteiger partial charge in [0.25, 0.3) is 0 Å². The number of piperidine rings is 1. The second-order valence-corrected chi connectivity index (χ2v) is 5.23. The second-order valence-electron chi connectivity index (χ2n) is 4.38. The number of ether oxygens (including phenoxy) is 1. The van der Waals surface area contributed by atoms with Crippen LogP contribution in [0.3, 0.4) is 0 Å². The van der Waals surface area contributed by atoms with E-state index in [0.29, 0.717) is 0 Å². The van der Waals surface area contributed by atoms with Gasteiger partial charge in [0.2, 0.25) is 5.91 Å². The molecule has 18 heavy (non-hydrogen) atoms. The Labute approximate surface area is 115 Å². The fourth-order valence-corrected chi connectivity index (χ4v) is 2.38. The zero-order chi connectivity index (χ0) is 13.0. The van der Waals surface area contributed by atoms with Crippen molar-refractivity contribution in [3.8, 4) is 5.75 Å². The smallest absolute Gasteiger partial charge is 0.228 e. The van der Waals surface area contributed by atoms with Crippen molar-refractivity contribution in [3.05, 3.63) is 22.7 Å². The van der Waals surface area contributed by atoms with Gasteiger partial charge in [-0.2, -0.15) is 0 Å². The van der Waals surface area contributed by atoms with Crippen molar-refractivity contribution in [3.63, 3.8) is 0 Å². The third-order valence-electron chi connectivity index (χ3n) is 3.10. The molecular weight excluding hydrogens is 296 g/mol. The number of amides is 1. The lowest BCUT2D eigenvalue weighted by Gasteiger charge is -2.22. The molecule has 1 aromatic rings. The predicted molar refractivity (Wildman–Crippen MR) is 74.9 cm³/mol. The fraction of sp³-hybridized carbons (Fsp3) is 0.462. The number of hydrogen-bond acceptors (Lipinski definition) is 3. The quantitative estimate of drug-likeness (QED) is 0.901. The van der Waals surface area contributed by atoms with E-state index in [-0.39, 0.29) is 11.8 Å². The standard InChI is InChI=1S/C13H17BrN2O2/c1-18-10-4-5-11(14)12(7-10)16-13(17)9-3-2-6-15-8-9/h4-5,7,9,15H,2-3,6,8H2,1H3,(H,16,17)/t9-/m1/s1. The Morgan fingerprint density at radius 2 is 2.39 bits per heavy atom. The first kappa shape index (κ1) is 13.4. The summed E-state index contributed by atoms with van der Waals surface area (Å²) in [5, 5.41) is 6.19. The Bertz CT molecular complexity index is 431. The molecule has 1 aliphatic heterocycles. The molecule has 4 nitrogen and oxygen atoms in total. The molecule has 2 N–H and O–H groups in total. The van der Waals surface area contributed by atoms with Crippen LogP contribution < -0.4 is 15.4 Å². The highest BCUT2D eigenvalue weighted by Crippen LogP contribution is 2.27. The van der Waals surface area contributed by atoms with Crippen molar-refractivity contribution < 1.29 is 9.53 Å². The molecule has 0 bridgehead atoms. The summed E-state index contributed by atoms with van der Waals surface area (Å²) in [6.45, 7) is 1.76. The first-order valence-electron chi connectivity index (χ1n) is 6.06. The summed E-state index contributed by atoms with van der Waals surface area (Å²) in [6, 6.07) is 5.54. The topological polar surface area (TPSA) is 50.4 Å². The number of rotatable bonds is 3. The lowest BCUT2D eigenvalue weighted by atomic mass is 9.99. The molecule has 0 spiro atoms. The van der Waals surface area contributed by atoms with E-state index in [0.717, 1.165) is 41.8 Å². The number of carbonyl (C=O) groups is 1. The third kappa shape index (κ3) is 3.23. The van der Waals surface area contributed by atoms with E-state index in [1.165, 1.54) is 0 Å². The van der Waals surface area contributed by atoms with Crippen LogP contribution in [-0.4, -0.2) is 26.1 Å². The number of halogens is 1. The Balaban J connectivity index is 2.05. The van der Waals surface area contributed by atoms with Gasteiger partial charge in [0.05, 0.1) is 18.7 Å². The van der Waals surface area contributed by atoms with E-state index in [1.807, 2.05) is 18.2 Å². The molecule has 1 fully saturated rings. The van der Waals surface area contributed by atoms with Crippen molar-refractivity contribution in [2.75, 3.05) is 25.5 Å². The van der Waals surface area contributed by atoms with Crippen LogP contribution in [-0.2, 0) is 4.79 Å². The van der Waals surface area contributed by atoms with Gasteiger partial charge in [0.1, 0.15) is 5.75 Å². The second kappa shape index (κ2) is 6.20. The van der Waals surface area contributed by atoms with E-state index in [2.05, 4.69) is 26.6 Å². The molecule has 0 radical (unpaired) electrons. The zero-order valence-corrected chi connectivity index (χ0v) is 11.9. The summed E-state index contributed by atoms with van der Waals surface area (Å²) in [6.07, 6.45) is 2.00. The lowest BCUT2D eigenvalue weighted by Crippen LogP contribution is -2.37. The number of nitrogens with one attached hydrogen (secondary N) is 2. The largest absolute Gasteiger partial charge is 0.497 e. The van der Waals surface area contributed by atoms with Gasteiger partial charge in [-0.15, -0.1) is 0 Å². The minimum atomic E-state index is 0.0526. The molecular formula is C13H17BrN2O2. The van der Waals surface area contributed by atoms with Gasteiger partial charge in [0, 0.05) is 17.1 Å². The highest BCUT2D eigenvalue weighted by Gasteiger charge is 2.21. The molecule has 5 heteroatoms. The average molecular weight is 313 g/mol. The molecule has 0 aliphatic carbocycles. The average Bonchev–Trinajstić information content (AvgIpc) is 2.42. The molecule has 0 aromatic heterocycles. The van der Waals surface area contributed by atoms with E-state index in [1.54, 1.807) is 7.11 Å². The summed E-state index contributed by atoms with van der Waals surface area (Å²) >= 11 is 3.43. The summed E-state index contributed by atoms with van der Waals surface area (Å²) in [5.41, 5.74) is 0.755. The molecule has 1 atom stereocenters. The number of carbonyl (C=O) groups excluding carboxylic acids is 1. The highest BCUT2D eigenvalue weighted by molar-refractivity contribution is 9.10. The van der Waals surface area contributed by atoms with Gasteiger partial charge in [-0.3, -0.25) is 4.79 Å². The lowest BCUT2D eigenvalue weighted by molar-refractivity contribution is -0.120. The third-order valence-corrected chi connectivity index (χ3v) is 3.79. The van der Waals surface area contributed by atoms with E-state index < -0.39 is 0 Å². The maximum absolute atomic E-state index is 12.1. The van der Waals surface area contributed by atoms with Gasteiger partial charge in [-0.1, -0.05) is 0 Å². The SMILES string of the molecule is COc1ccc(Br)c(NC(=O)[C@@H]2CCCNC2)c1. The zero-order valence-electron chi connectivity index (χ0n) is 10.3. The Morgan fingerprint density at radius 3 is 3.06 bits per heavy atom. The molecule has 1 aromatic carbocycles. The van der Waals surface area contributed by atoms with Gasteiger partial charge in [-0.25, -0.2) is 0 Å². The Kier molecular flexibility index (Phi) is 4.60. The van der Waals surface area contributed by atoms with Crippen LogP contribution in [0.1, 0.15) is 12.8 Å². The number of methoxy groups -OCH3 is 1. The molecule has 1 heterocycles. The maximum atomic E-state index is 12.1. The van der Waals surface area contributed by atoms with Crippen LogP contribution in [0.15, 0.2) is 22.7 Å². The van der Waals surface area contributed by atoms with E-state index in [9.17, 15) is 4.79 Å². The minimum absolute atomic E-state index is 0.0526. The van der Waals surface area contributed by atoms with Crippen LogP contribution in [0.2, 0.25) is 0 Å². The van der Waals surface area contributed by atoms with E-state index >= 15 is 0 Å². The summed E-state index contributed by atoms with van der Waals surface area (Å²) in [7, 11) is 1.61. The predicted octanol–water partition coefficient (Wildman–Crippen LogP) is 2.40. The molecule has 1 saturated heterocycles. The van der Waals surface area contributed by atoms with Gasteiger partial charge in [-0.05, 0) is 47.4 Å². The van der Waals surface area contributed by atoms with Crippen molar-refractivity contribution >= 4 is 27.5 Å². The molecule has 0 unspecified atom stereocenters. The van der Waals surface area contributed by atoms with Crippen molar-refractivity contribution in [1.29, 1.82) is 0 Å². The van der Waals surface area contributed by atoms with Crippen molar-refractivity contribution in [1.82, 2.24) is 5.32 Å². The maximum Gasteiger partial charge on any atom is 0.228 e. The fourth-order valence-electron chi connectivity index (χ4n) is 2.04. The molecule has 0 saturated carbocycles. The van der Waals surface area contributed by atoms with Crippen LogP contribution >= 0.6 is 15.9 Å². The van der Waals surface area contributed by atoms with Crippen molar-refractivity contribution in [2.24, 2.45) is 5.92 Å². The Morgan fingerprint density at radius 1 is 1.56 bits per heavy atom. The van der Waals surface area contributed by atoms with Crippen LogP contribution in [0.4, 0.5) is 5.69 Å². The highest BCUT2D eigenvalue weighted by atomic mass is 79.9. The van der Waals surface area contributed by atoms with Crippen LogP contribution in [0.25, 0.3) is 0 Å². The number of anilines is 1. The minimum Gasteiger partial charge on any atom is -0.497 e. The van der Waals surface area contributed by atoms with E-state index in [4.69, 9.17) is 4.74 Å². The van der Waals surface area contributed by atoms with Crippen molar-refractivity contribution in [2.45, 2.75) is 12.8 Å². The first-order chi connectivity index (χ1) is 8.70. The monoisotopic (exact) mass is 312 g/mol. The number of hydrogen-bond donors (Lipinski definition) is 2. The molecule has 98 valence electrons.